The van der Waals surface area contributed by atoms with Gasteiger partial charge in [-0.05, 0) is 54.2 Å². The Balaban J connectivity index is 2.19. The van der Waals surface area contributed by atoms with E-state index in [2.05, 4.69) is 26.0 Å². The van der Waals surface area contributed by atoms with Crippen LogP contribution >= 0.6 is 27.3 Å². The Hall–Kier alpha value is -0.890. The number of rotatable bonds is 6. The SMILES string of the molecule is CCNCc1csc(S(=O)(=O)Nc2ccc(Br)cc2C)c1. The molecule has 0 saturated heterocycles. The van der Waals surface area contributed by atoms with Gasteiger partial charge in [-0.15, -0.1) is 11.3 Å². The molecule has 0 saturated carbocycles. The van der Waals surface area contributed by atoms with Gasteiger partial charge in [-0.2, -0.15) is 0 Å². The summed E-state index contributed by atoms with van der Waals surface area (Å²) in [6.45, 7) is 5.42. The van der Waals surface area contributed by atoms with Crippen molar-refractivity contribution < 1.29 is 8.42 Å². The summed E-state index contributed by atoms with van der Waals surface area (Å²) in [7, 11) is -3.53. The zero-order valence-corrected chi connectivity index (χ0v) is 15.0. The minimum atomic E-state index is -3.53. The highest BCUT2D eigenvalue weighted by Crippen LogP contribution is 2.26. The highest BCUT2D eigenvalue weighted by atomic mass is 79.9. The van der Waals surface area contributed by atoms with Crippen LogP contribution < -0.4 is 10.0 Å². The third-order valence-electron chi connectivity index (χ3n) is 2.91. The van der Waals surface area contributed by atoms with Gasteiger partial charge in [0.1, 0.15) is 4.21 Å². The van der Waals surface area contributed by atoms with Crippen molar-refractivity contribution in [3.63, 3.8) is 0 Å². The Morgan fingerprint density at radius 3 is 2.71 bits per heavy atom. The summed E-state index contributed by atoms with van der Waals surface area (Å²) in [6.07, 6.45) is 0. The van der Waals surface area contributed by atoms with Crippen LogP contribution in [0.5, 0.6) is 0 Å². The first-order valence-corrected chi connectivity index (χ1v) is 9.65. The second-order valence-electron chi connectivity index (χ2n) is 4.62. The Bertz CT molecular complexity index is 726. The van der Waals surface area contributed by atoms with E-state index in [1.54, 1.807) is 12.1 Å². The van der Waals surface area contributed by atoms with E-state index in [0.29, 0.717) is 16.4 Å². The van der Waals surface area contributed by atoms with Crippen LogP contribution in [0.2, 0.25) is 0 Å². The molecular formula is C14H17BrN2O2S2. The van der Waals surface area contributed by atoms with E-state index in [0.717, 1.165) is 22.1 Å². The Kier molecular flexibility index (Phi) is 5.43. The Labute approximate surface area is 137 Å². The standard InChI is InChI=1S/C14H17BrN2O2S2/c1-3-16-8-11-7-14(20-9-11)21(18,19)17-13-5-4-12(15)6-10(13)2/h4-7,9,16-17H,3,8H2,1-2H3. The Morgan fingerprint density at radius 1 is 1.29 bits per heavy atom. The van der Waals surface area contributed by atoms with Crippen molar-refractivity contribution in [2.45, 2.75) is 24.6 Å². The van der Waals surface area contributed by atoms with Gasteiger partial charge >= 0.3 is 0 Å². The van der Waals surface area contributed by atoms with Gasteiger partial charge < -0.3 is 5.32 Å². The number of aryl methyl sites for hydroxylation is 1. The minimum absolute atomic E-state index is 0.331. The molecule has 0 spiro atoms. The van der Waals surface area contributed by atoms with Crippen molar-refractivity contribution in [2.24, 2.45) is 0 Å². The van der Waals surface area contributed by atoms with E-state index in [9.17, 15) is 8.42 Å². The van der Waals surface area contributed by atoms with Crippen LogP contribution in [-0.2, 0) is 16.6 Å². The summed E-state index contributed by atoms with van der Waals surface area (Å²) in [5.41, 5.74) is 2.45. The van der Waals surface area contributed by atoms with E-state index >= 15 is 0 Å². The van der Waals surface area contributed by atoms with Crippen LogP contribution in [-0.4, -0.2) is 15.0 Å². The van der Waals surface area contributed by atoms with E-state index in [1.807, 2.05) is 31.4 Å². The molecule has 0 radical (unpaired) electrons. The van der Waals surface area contributed by atoms with Gasteiger partial charge in [-0.25, -0.2) is 8.42 Å². The zero-order chi connectivity index (χ0) is 15.5. The van der Waals surface area contributed by atoms with E-state index in [-0.39, 0.29) is 0 Å². The van der Waals surface area contributed by atoms with E-state index in [1.165, 1.54) is 11.3 Å². The van der Waals surface area contributed by atoms with Gasteiger partial charge in [-0.3, -0.25) is 4.72 Å². The maximum atomic E-state index is 12.4. The number of anilines is 1. The third-order valence-corrected chi connectivity index (χ3v) is 6.25. The molecule has 1 heterocycles. The van der Waals surface area contributed by atoms with Crippen molar-refractivity contribution in [3.05, 3.63) is 45.2 Å². The molecule has 0 bridgehead atoms. The van der Waals surface area contributed by atoms with Crippen LogP contribution in [0.15, 0.2) is 38.3 Å². The fourth-order valence-electron chi connectivity index (χ4n) is 1.79. The normalized spacial score (nSPS) is 11.6. The molecule has 1 aromatic heterocycles. The largest absolute Gasteiger partial charge is 0.313 e. The third kappa shape index (κ3) is 4.29. The molecule has 2 aromatic rings. The summed E-state index contributed by atoms with van der Waals surface area (Å²) in [5, 5.41) is 5.05. The van der Waals surface area contributed by atoms with Crippen LogP contribution in [0.25, 0.3) is 0 Å². The van der Waals surface area contributed by atoms with Gasteiger partial charge in [0, 0.05) is 11.0 Å². The molecule has 4 nitrogen and oxygen atoms in total. The van der Waals surface area contributed by atoms with E-state index in [4.69, 9.17) is 0 Å². The van der Waals surface area contributed by atoms with Crippen molar-refractivity contribution in [2.75, 3.05) is 11.3 Å². The van der Waals surface area contributed by atoms with Crippen molar-refractivity contribution in [3.8, 4) is 0 Å². The topological polar surface area (TPSA) is 58.2 Å². The maximum absolute atomic E-state index is 12.4. The lowest BCUT2D eigenvalue weighted by Gasteiger charge is -2.09. The number of hydrogen-bond acceptors (Lipinski definition) is 4. The van der Waals surface area contributed by atoms with Crippen LogP contribution in [0.1, 0.15) is 18.1 Å². The van der Waals surface area contributed by atoms with Crippen LogP contribution in [0.3, 0.4) is 0 Å². The molecule has 114 valence electrons. The first kappa shape index (κ1) is 16.5. The number of benzene rings is 1. The fourth-order valence-corrected chi connectivity index (χ4v) is 4.61. The molecule has 2 rings (SSSR count). The van der Waals surface area contributed by atoms with E-state index < -0.39 is 10.0 Å². The molecule has 0 fully saturated rings. The summed E-state index contributed by atoms with van der Waals surface area (Å²) in [5.74, 6) is 0. The predicted octanol–water partition coefficient (Wildman–Crippen LogP) is 3.73. The molecule has 0 aliphatic heterocycles. The summed E-state index contributed by atoms with van der Waals surface area (Å²) in [4.78, 5) is 0. The van der Waals surface area contributed by atoms with Gasteiger partial charge in [-0.1, -0.05) is 22.9 Å². The van der Waals surface area contributed by atoms with Crippen molar-refractivity contribution in [1.29, 1.82) is 0 Å². The Morgan fingerprint density at radius 2 is 2.05 bits per heavy atom. The second-order valence-corrected chi connectivity index (χ2v) is 8.36. The monoisotopic (exact) mass is 388 g/mol. The molecule has 0 amide bonds. The molecule has 0 unspecified atom stereocenters. The average Bonchev–Trinajstić information content (AvgIpc) is 2.89. The van der Waals surface area contributed by atoms with Gasteiger partial charge in [0.05, 0.1) is 5.69 Å². The molecule has 7 heteroatoms. The number of thiophene rings is 1. The molecule has 0 aliphatic carbocycles. The maximum Gasteiger partial charge on any atom is 0.271 e. The van der Waals surface area contributed by atoms with Gasteiger partial charge in [0.15, 0.2) is 0 Å². The lowest BCUT2D eigenvalue weighted by Crippen LogP contribution is -2.13. The molecular weight excluding hydrogens is 372 g/mol. The highest BCUT2D eigenvalue weighted by molar-refractivity contribution is 9.10. The number of hydrogen-bond donors (Lipinski definition) is 2. The van der Waals surface area contributed by atoms with Crippen LogP contribution in [0, 0.1) is 6.92 Å². The smallest absolute Gasteiger partial charge is 0.271 e. The number of sulfonamides is 1. The first-order valence-electron chi connectivity index (χ1n) is 6.49. The molecule has 1 aromatic carbocycles. The quantitative estimate of drug-likeness (QED) is 0.792. The molecule has 21 heavy (non-hydrogen) atoms. The van der Waals surface area contributed by atoms with Crippen LogP contribution in [0.4, 0.5) is 5.69 Å². The highest BCUT2D eigenvalue weighted by Gasteiger charge is 2.17. The van der Waals surface area contributed by atoms with Gasteiger partial charge in [0.2, 0.25) is 0 Å². The second kappa shape index (κ2) is 6.91. The number of nitrogens with one attached hydrogen (secondary N) is 2. The zero-order valence-electron chi connectivity index (χ0n) is 11.8. The molecule has 2 N–H and O–H groups in total. The molecule has 0 aliphatic rings. The van der Waals surface area contributed by atoms with Gasteiger partial charge in [0.25, 0.3) is 10.0 Å². The lowest BCUT2D eigenvalue weighted by atomic mass is 10.2. The summed E-state index contributed by atoms with van der Waals surface area (Å²) >= 11 is 4.60. The lowest BCUT2D eigenvalue weighted by molar-refractivity contribution is 0.603. The fraction of sp³-hybridized carbons (Fsp3) is 0.286. The summed E-state index contributed by atoms with van der Waals surface area (Å²) < 4.78 is 28.7. The minimum Gasteiger partial charge on any atom is -0.313 e. The number of halogens is 1. The summed E-state index contributed by atoms with van der Waals surface area (Å²) in [6, 6.07) is 7.16. The predicted molar refractivity (Wildman–Crippen MR) is 91.4 cm³/mol. The van der Waals surface area contributed by atoms with Crippen molar-refractivity contribution in [1.82, 2.24) is 5.32 Å². The molecule has 0 atom stereocenters. The first-order chi connectivity index (χ1) is 9.92. The van der Waals surface area contributed by atoms with Crippen molar-refractivity contribution >= 4 is 43.0 Å². The average molecular weight is 389 g/mol.